The average Bonchev–Trinajstić information content (AvgIpc) is 3.18. The zero-order valence-electron chi connectivity index (χ0n) is 13.1. The van der Waals surface area contributed by atoms with Crippen LogP contribution < -0.4 is 0 Å². The van der Waals surface area contributed by atoms with Gasteiger partial charge in [-0.2, -0.15) is 0 Å². The number of hydrogen-bond donors (Lipinski definition) is 0. The van der Waals surface area contributed by atoms with Crippen molar-refractivity contribution in [2.75, 3.05) is 6.26 Å². The van der Waals surface area contributed by atoms with Crippen molar-refractivity contribution < 1.29 is 9.00 Å². The van der Waals surface area contributed by atoms with Gasteiger partial charge in [-0.05, 0) is 34.7 Å². The first-order valence-electron chi connectivity index (χ1n) is 7.59. The summed E-state index contributed by atoms with van der Waals surface area (Å²) in [5.74, 6) is -0.0414. The molecule has 0 spiro atoms. The molecule has 0 bridgehead atoms. The standard InChI is InChI=1S/C18H15N3O2S/c1-24(23)18-20-19-11-21(18)10-17(22)13-6-7-16-14(9-13)8-12-4-2-3-5-15(12)16/h2-7,9,11H,8,10H2,1H3/t24-/m0/s1. The Balaban J connectivity index is 1.62. The Bertz CT molecular complexity index is 978. The van der Waals surface area contributed by atoms with E-state index in [4.69, 9.17) is 0 Å². The molecule has 0 fully saturated rings. The van der Waals surface area contributed by atoms with E-state index in [0.717, 1.165) is 6.42 Å². The van der Waals surface area contributed by atoms with Crippen LogP contribution >= 0.6 is 0 Å². The van der Waals surface area contributed by atoms with Crippen molar-refractivity contribution in [2.45, 2.75) is 18.1 Å². The molecule has 1 aliphatic rings. The molecule has 2 aromatic carbocycles. The van der Waals surface area contributed by atoms with E-state index in [1.54, 1.807) is 4.57 Å². The number of fused-ring (bicyclic) bond motifs is 3. The summed E-state index contributed by atoms with van der Waals surface area (Å²) in [4.78, 5) is 12.6. The number of hydrogen-bond acceptors (Lipinski definition) is 4. The normalized spacial score (nSPS) is 13.4. The molecule has 0 saturated carbocycles. The minimum absolute atomic E-state index is 0.0414. The number of rotatable bonds is 4. The van der Waals surface area contributed by atoms with Gasteiger partial charge in [-0.15, -0.1) is 10.2 Å². The van der Waals surface area contributed by atoms with Crippen LogP contribution in [0.4, 0.5) is 0 Å². The molecule has 1 heterocycles. The summed E-state index contributed by atoms with van der Waals surface area (Å²) in [5.41, 5.74) is 5.56. The molecular formula is C18H15N3O2S. The molecule has 5 nitrogen and oxygen atoms in total. The molecule has 4 rings (SSSR count). The highest BCUT2D eigenvalue weighted by Gasteiger charge is 2.20. The number of ketones is 1. The molecule has 0 radical (unpaired) electrons. The minimum atomic E-state index is -1.27. The Morgan fingerprint density at radius 3 is 2.79 bits per heavy atom. The molecule has 0 unspecified atom stereocenters. The predicted octanol–water partition coefficient (Wildman–Crippen LogP) is 2.47. The third-order valence-corrected chi connectivity index (χ3v) is 5.10. The van der Waals surface area contributed by atoms with Crippen molar-refractivity contribution in [1.82, 2.24) is 14.8 Å². The third kappa shape index (κ3) is 2.49. The molecule has 120 valence electrons. The predicted molar refractivity (Wildman–Crippen MR) is 91.4 cm³/mol. The van der Waals surface area contributed by atoms with Crippen molar-refractivity contribution in [2.24, 2.45) is 0 Å². The maximum Gasteiger partial charge on any atom is 0.221 e. The Hall–Kier alpha value is -2.60. The van der Waals surface area contributed by atoms with Crippen LogP contribution in [0.1, 0.15) is 21.5 Å². The fraction of sp³-hybridized carbons (Fsp3) is 0.167. The Kier molecular flexibility index (Phi) is 3.61. The average molecular weight is 337 g/mol. The highest BCUT2D eigenvalue weighted by Crippen LogP contribution is 2.36. The topological polar surface area (TPSA) is 64.8 Å². The van der Waals surface area contributed by atoms with Crippen molar-refractivity contribution >= 4 is 16.6 Å². The van der Waals surface area contributed by atoms with E-state index in [-0.39, 0.29) is 12.3 Å². The van der Waals surface area contributed by atoms with E-state index in [1.165, 1.54) is 34.8 Å². The van der Waals surface area contributed by atoms with Crippen LogP contribution in [0.2, 0.25) is 0 Å². The molecule has 0 saturated heterocycles. The molecule has 1 atom stereocenters. The van der Waals surface area contributed by atoms with Gasteiger partial charge in [-0.1, -0.05) is 36.4 Å². The summed E-state index contributed by atoms with van der Waals surface area (Å²) >= 11 is 0. The second-order valence-corrected chi connectivity index (χ2v) is 7.10. The van der Waals surface area contributed by atoms with Gasteiger partial charge in [0.25, 0.3) is 0 Å². The highest BCUT2D eigenvalue weighted by atomic mass is 32.2. The van der Waals surface area contributed by atoms with E-state index >= 15 is 0 Å². The molecule has 24 heavy (non-hydrogen) atoms. The van der Waals surface area contributed by atoms with Crippen molar-refractivity contribution in [3.8, 4) is 11.1 Å². The number of benzene rings is 2. The zero-order chi connectivity index (χ0) is 16.7. The maximum atomic E-state index is 12.6. The Labute approximate surface area is 141 Å². The summed E-state index contributed by atoms with van der Waals surface area (Å²) < 4.78 is 13.1. The summed E-state index contributed by atoms with van der Waals surface area (Å²) in [6.45, 7) is 0.0909. The van der Waals surface area contributed by atoms with Crippen LogP contribution in [0.25, 0.3) is 11.1 Å². The summed E-state index contributed by atoms with van der Waals surface area (Å²) in [7, 11) is -1.27. The first kappa shape index (κ1) is 15.0. The van der Waals surface area contributed by atoms with Gasteiger partial charge in [0.15, 0.2) is 5.78 Å². The number of carbonyl (C=O) groups excluding carboxylic acids is 1. The molecule has 3 aromatic rings. The number of Topliss-reactive ketones (excluding diaryl/α,β-unsaturated/α-hetero) is 1. The summed E-state index contributed by atoms with van der Waals surface area (Å²) in [6, 6.07) is 14.1. The number of nitrogens with zero attached hydrogens (tertiary/aromatic N) is 3. The molecule has 0 N–H and O–H groups in total. The molecule has 0 amide bonds. The van der Waals surface area contributed by atoms with E-state index in [0.29, 0.717) is 10.7 Å². The lowest BCUT2D eigenvalue weighted by molar-refractivity contribution is 0.0969. The molecule has 1 aromatic heterocycles. The molecule has 6 heteroatoms. The number of aromatic nitrogens is 3. The van der Waals surface area contributed by atoms with Crippen LogP contribution in [-0.4, -0.2) is 31.0 Å². The van der Waals surface area contributed by atoms with Crippen LogP contribution in [0.3, 0.4) is 0 Å². The molecular weight excluding hydrogens is 322 g/mol. The summed E-state index contributed by atoms with van der Waals surface area (Å²) in [5, 5.41) is 7.87. The van der Waals surface area contributed by atoms with Gasteiger partial charge < -0.3 is 0 Å². The van der Waals surface area contributed by atoms with Gasteiger partial charge in [-0.3, -0.25) is 13.6 Å². The number of carbonyl (C=O) groups is 1. The molecule has 0 aliphatic heterocycles. The van der Waals surface area contributed by atoms with Crippen molar-refractivity contribution in [3.05, 3.63) is 65.5 Å². The van der Waals surface area contributed by atoms with Crippen LogP contribution in [0.15, 0.2) is 53.9 Å². The third-order valence-electron chi connectivity index (χ3n) is 4.27. The van der Waals surface area contributed by atoms with Gasteiger partial charge in [0, 0.05) is 11.8 Å². The van der Waals surface area contributed by atoms with Crippen LogP contribution in [0, 0.1) is 0 Å². The monoisotopic (exact) mass is 337 g/mol. The van der Waals surface area contributed by atoms with E-state index in [9.17, 15) is 9.00 Å². The lowest BCUT2D eigenvalue weighted by Gasteiger charge is -2.06. The van der Waals surface area contributed by atoms with E-state index in [1.807, 2.05) is 30.3 Å². The van der Waals surface area contributed by atoms with Gasteiger partial charge in [0.2, 0.25) is 5.16 Å². The first-order valence-corrected chi connectivity index (χ1v) is 9.15. The van der Waals surface area contributed by atoms with Gasteiger partial charge in [-0.25, -0.2) is 0 Å². The Morgan fingerprint density at radius 2 is 1.96 bits per heavy atom. The van der Waals surface area contributed by atoms with Gasteiger partial charge in [0.05, 0.1) is 17.3 Å². The SMILES string of the molecule is C[S@](=O)c1nncn1CC(=O)c1ccc2c(c1)Cc1ccccc1-2. The molecule has 1 aliphatic carbocycles. The largest absolute Gasteiger partial charge is 0.299 e. The fourth-order valence-corrected chi connectivity index (χ4v) is 3.74. The smallest absolute Gasteiger partial charge is 0.221 e. The van der Waals surface area contributed by atoms with Crippen molar-refractivity contribution in [1.29, 1.82) is 0 Å². The quantitative estimate of drug-likeness (QED) is 0.537. The zero-order valence-corrected chi connectivity index (χ0v) is 13.9. The van der Waals surface area contributed by atoms with Gasteiger partial charge >= 0.3 is 0 Å². The lowest BCUT2D eigenvalue weighted by Crippen LogP contribution is -2.13. The van der Waals surface area contributed by atoms with Crippen molar-refractivity contribution in [3.63, 3.8) is 0 Å². The Morgan fingerprint density at radius 1 is 1.17 bits per heavy atom. The lowest BCUT2D eigenvalue weighted by atomic mass is 10.0. The highest BCUT2D eigenvalue weighted by molar-refractivity contribution is 7.84. The minimum Gasteiger partial charge on any atom is -0.299 e. The second-order valence-electron chi connectivity index (χ2n) is 5.82. The van der Waals surface area contributed by atoms with E-state index in [2.05, 4.69) is 22.3 Å². The maximum absolute atomic E-state index is 12.6. The fourth-order valence-electron chi connectivity index (χ4n) is 3.14. The second kappa shape index (κ2) is 5.79. The van der Waals surface area contributed by atoms with Gasteiger partial charge in [0.1, 0.15) is 6.33 Å². The van der Waals surface area contributed by atoms with Crippen LogP contribution in [0.5, 0.6) is 0 Å². The summed E-state index contributed by atoms with van der Waals surface area (Å²) in [6.07, 6.45) is 3.82. The van der Waals surface area contributed by atoms with Crippen LogP contribution in [-0.2, 0) is 23.8 Å². The van der Waals surface area contributed by atoms with E-state index < -0.39 is 10.8 Å². The first-order chi connectivity index (χ1) is 11.6.